The fraction of sp³-hybridized carbons (Fsp3) is 0.133. The molecular formula is C15H15NOS2. The Morgan fingerprint density at radius 3 is 2.53 bits per heavy atom. The van der Waals surface area contributed by atoms with E-state index in [9.17, 15) is 0 Å². The quantitative estimate of drug-likeness (QED) is 0.645. The molecule has 0 saturated heterocycles. The summed E-state index contributed by atoms with van der Waals surface area (Å²) in [5.41, 5.74) is 2.30. The van der Waals surface area contributed by atoms with Crippen molar-refractivity contribution in [1.29, 1.82) is 0 Å². The van der Waals surface area contributed by atoms with Crippen molar-refractivity contribution < 1.29 is 5.11 Å². The molecule has 98 valence electrons. The van der Waals surface area contributed by atoms with Crippen LogP contribution in [-0.4, -0.2) is 10.1 Å². The molecule has 1 heterocycles. The van der Waals surface area contributed by atoms with Crippen molar-refractivity contribution >= 4 is 34.2 Å². The first-order valence-corrected chi connectivity index (χ1v) is 7.28. The number of fused-ring (bicyclic) bond motifs is 1. The van der Waals surface area contributed by atoms with Gasteiger partial charge in [0.25, 0.3) is 0 Å². The van der Waals surface area contributed by atoms with Gasteiger partial charge in [0.15, 0.2) is 0 Å². The third-order valence-corrected chi connectivity index (χ3v) is 3.81. The summed E-state index contributed by atoms with van der Waals surface area (Å²) in [6.07, 6.45) is 1.14. The molecule has 0 bridgehead atoms. The molecule has 0 aliphatic rings. The van der Waals surface area contributed by atoms with Crippen LogP contribution in [0.1, 0.15) is 12.5 Å². The zero-order valence-electron chi connectivity index (χ0n) is 10.6. The lowest BCUT2D eigenvalue weighted by atomic mass is 10.2. The second-order valence-electron chi connectivity index (χ2n) is 3.99. The number of phenolic OH excluding ortho intramolecular Hbond substituents is 1. The van der Waals surface area contributed by atoms with E-state index in [1.54, 1.807) is 18.2 Å². The number of benzene rings is 2. The number of thiazole rings is 1. The van der Waals surface area contributed by atoms with Gasteiger partial charge in [0.1, 0.15) is 10.1 Å². The van der Waals surface area contributed by atoms with Crippen LogP contribution in [0.2, 0.25) is 0 Å². The summed E-state index contributed by atoms with van der Waals surface area (Å²) in [6.45, 7) is 2.16. The minimum absolute atomic E-state index is 0.273. The topological polar surface area (TPSA) is 33.1 Å². The third-order valence-electron chi connectivity index (χ3n) is 2.61. The average molecular weight is 289 g/mol. The number of hydrogen-bond acceptors (Lipinski definition) is 4. The van der Waals surface area contributed by atoms with Crippen molar-refractivity contribution in [3.05, 3.63) is 54.1 Å². The summed E-state index contributed by atoms with van der Waals surface area (Å²) in [6, 6.07) is 15.5. The zero-order valence-corrected chi connectivity index (χ0v) is 12.3. The molecule has 2 nitrogen and oxygen atoms in total. The number of rotatable bonds is 1. The van der Waals surface area contributed by atoms with Crippen LogP contribution in [0.25, 0.3) is 10.2 Å². The maximum absolute atomic E-state index is 9.09. The lowest BCUT2D eigenvalue weighted by Gasteiger charge is -1.89. The molecule has 0 fully saturated rings. The highest BCUT2D eigenvalue weighted by molar-refractivity contribution is 7.82. The Kier molecular flexibility index (Phi) is 4.82. The van der Waals surface area contributed by atoms with Gasteiger partial charge in [-0.15, -0.1) is 24.0 Å². The van der Waals surface area contributed by atoms with Crippen LogP contribution in [-0.2, 0) is 6.42 Å². The van der Waals surface area contributed by atoms with Gasteiger partial charge < -0.3 is 5.11 Å². The summed E-state index contributed by atoms with van der Waals surface area (Å²) in [5.74, 6) is 0.273. The first-order chi connectivity index (χ1) is 9.19. The van der Waals surface area contributed by atoms with Crippen molar-refractivity contribution in [2.24, 2.45) is 0 Å². The molecular weight excluding hydrogens is 274 g/mol. The molecule has 0 radical (unpaired) electrons. The molecule has 1 aromatic heterocycles. The fourth-order valence-corrected chi connectivity index (χ4v) is 2.76. The Morgan fingerprint density at radius 2 is 1.89 bits per heavy atom. The van der Waals surface area contributed by atoms with Crippen LogP contribution in [0.4, 0.5) is 0 Å². The van der Waals surface area contributed by atoms with Crippen molar-refractivity contribution in [2.75, 3.05) is 0 Å². The molecule has 3 rings (SSSR count). The smallest absolute Gasteiger partial charge is 0.148 e. The normalized spacial score (nSPS) is 10.0. The number of hydrogen-bond donors (Lipinski definition) is 2. The molecule has 0 spiro atoms. The summed E-state index contributed by atoms with van der Waals surface area (Å²) >= 11 is 5.56. The van der Waals surface area contributed by atoms with Crippen LogP contribution in [0.5, 0.6) is 5.75 Å². The van der Waals surface area contributed by atoms with Gasteiger partial charge in [-0.25, -0.2) is 4.98 Å². The second-order valence-corrected chi connectivity index (χ2v) is 5.74. The molecule has 0 atom stereocenters. The highest BCUT2D eigenvalue weighted by Gasteiger charge is 1.99. The summed E-state index contributed by atoms with van der Waals surface area (Å²) in [7, 11) is 0. The first-order valence-electron chi connectivity index (χ1n) is 6.01. The minimum Gasteiger partial charge on any atom is -0.508 e. The van der Waals surface area contributed by atoms with E-state index < -0.39 is 0 Å². The number of phenols is 1. The molecule has 0 saturated carbocycles. The second kappa shape index (κ2) is 6.59. The van der Waals surface area contributed by atoms with E-state index in [2.05, 4.69) is 48.8 Å². The van der Waals surface area contributed by atoms with Gasteiger partial charge in [0.2, 0.25) is 0 Å². The van der Waals surface area contributed by atoms with Crippen LogP contribution >= 0.6 is 24.0 Å². The predicted molar refractivity (Wildman–Crippen MR) is 84.4 cm³/mol. The van der Waals surface area contributed by atoms with Crippen LogP contribution in [0, 0.1) is 0 Å². The number of aromatic nitrogens is 1. The maximum Gasteiger partial charge on any atom is 0.148 e. The number of aryl methyl sites for hydroxylation is 1. The molecule has 0 unspecified atom stereocenters. The van der Waals surface area contributed by atoms with Gasteiger partial charge in [-0.3, -0.25) is 0 Å². The van der Waals surface area contributed by atoms with Gasteiger partial charge >= 0.3 is 0 Å². The monoisotopic (exact) mass is 289 g/mol. The Balaban J connectivity index is 0.000000148. The van der Waals surface area contributed by atoms with Crippen LogP contribution in [0.3, 0.4) is 0 Å². The van der Waals surface area contributed by atoms with E-state index >= 15 is 0 Å². The lowest BCUT2D eigenvalue weighted by Crippen LogP contribution is -1.73. The van der Waals surface area contributed by atoms with Crippen molar-refractivity contribution in [3.63, 3.8) is 0 Å². The number of aromatic hydroxyl groups is 1. The van der Waals surface area contributed by atoms with E-state index in [1.807, 2.05) is 6.07 Å². The molecule has 4 heteroatoms. The highest BCUT2D eigenvalue weighted by Crippen LogP contribution is 2.27. The third kappa shape index (κ3) is 3.98. The first kappa shape index (κ1) is 13.9. The van der Waals surface area contributed by atoms with Crippen molar-refractivity contribution in [3.8, 4) is 5.75 Å². The van der Waals surface area contributed by atoms with Gasteiger partial charge in [-0.1, -0.05) is 37.3 Å². The summed E-state index contributed by atoms with van der Waals surface area (Å²) < 4.78 is 1.70. The lowest BCUT2D eigenvalue weighted by molar-refractivity contribution is 0.476. The number of thiol groups is 1. The van der Waals surface area contributed by atoms with Gasteiger partial charge in [-0.05, 0) is 30.2 Å². The summed E-state index contributed by atoms with van der Waals surface area (Å²) in [5, 5.41) is 9.09. The highest BCUT2D eigenvalue weighted by atomic mass is 32.2. The Hall–Kier alpha value is -1.52. The molecule has 3 aromatic rings. The fourth-order valence-electron chi connectivity index (χ4n) is 1.61. The summed E-state index contributed by atoms with van der Waals surface area (Å²) in [4.78, 5) is 4.13. The van der Waals surface area contributed by atoms with Crippen molar-refractivity contribution in [1.82, 2.24) is 4.98 Å². The van der Waals surface area contributed by atoms with Gasteiger partial charge in [-0.2, -0.15) is 0 Å². The zero-order chi connectivity index (χ0) is 13.7. The Labute approximate surface area is 122 Å². The number of nitrogens with zero attached hydrogens (tertiary/aromatic N) is 1. The SMILES string of the molecule is CCc1ccccc1.Oc1ccc2nc(S)sc2c1. The largest absolute Gasteiger partial charge is 0.508 e. The molecule has 2 aromatic carbocycles. The molecule has 0 aliphatic carbocycles. The van der Waals surface area contributed by atoms with Gasteiger partial charge in [0.05, 0.1) is 10.2 Å². The molecule has 19 heavy (non-hydrogen) atoms. The molecule has 0 amide bonds. The Bertz CT molecular complexity index is 650. The Morgan fingerprint density at radius 1 is 1.16 bits per heavy atom. The van der Waals surface area contributed by atoms with Crippen LogP contribution in [0.15, 0.2) is 52.9 Å². The average Bonchev–Trinajstić information content (AvgIpc) is 2.79. The molecule has 0 aliphatic heterocycles. The van der Waals surface area contributed by atoms with E-state index in [1.165, 1.54) is 16.9 Å². The maximum atomic E-state index is 9.09. The van der Waals surface area contributed by atoms with E-state index in [4.69, 9.17) is 5.11 Å². The predicted octanol–water partition coefficient (Wildman–Crippen LogP) is 4.54. The van der Waals surface area contributed by atoms with E-state index in [0.717, 1.165) is 21.0 Å². The van der Waals surface area contributed by atoms with Crippen LogP contribution < -0.4 is 0 Å². The van der Waals surface area contributed by atoms with E-state index in [0.29, 0.717) is 0 Å². The minimum atomic E-state index is 0.273. The van der Waals surface area contributed by atoms with Crippen molar-refractivity contribution in [2.45, 2.75) is 17.7 Å². The standard InChI is InChI=1S/C8H10.C7H5NOS2/c1-2-8-6-4-3-5-7-8;9-4-1-2-5-6(3-4)11-7(10)8-5/h3-7H,2H2,1H3;1-3,9H,(H,8,10). The van der Waals surface area contributed by atoms with Gasteiger partial charge in [0, 0.05) is 0 Å². The molecule has 1 N–H and O–H groups in total. The van der Waals surface area contributed by atoms with E-state index in [-0.39, 0.29) is 5.75 Å².